The second-order valence-electron chi connectivity index (χ2n) is 6.79. The van der Waals surface area contributed by atoms with E-state index in [0.717, 1.165) is 11.1 Å². The molecule has 3 aromatic rings. The lowest BCUT2D eigenvalue weighted by Gasteiger charge is -2.20. The summed E-state index contributed by atoms with van der Waals surface area (Å²) in [5.41, 5.74) is 2.73. The summed E-state index contributed by atoms with van der Waals surface area (Å²) in [5.74, 6) is -0.598. The molecule has 0 atom stereocenters. The van der Waals surface area contributed by atoms with Crippen LogP contribution in [0.5, 0.6) is 0 Å². The summed E-state index contributed by atoms with van der Waals surface area (Å²) in [6.45, 7) is 0.444. The minimum absolute atomic E-state index is 0.152. The van der Waals surface area contributed by atoms with Crippen molar-refractivity contribution in [3.8, 4) is 6.07 Å². The molecule has 3 aromatic carbocycles. The van der Waals surface area contributed by atoms with E-state index in [0.29, 0.717) is 11.3 Å². The average Bonchev–Trinajstić information content (AvgIpc) is 2.80. The van der Waals surface area contributed by atoms with Gasteiger partial charge in [0.05, 0.1) is 24.1 Å². The number of nitriles is 1. The third-order valence-corrected chi connectivity index (χ3v) is 5.01. The molecule has 6 nitrogen and oxygen atoms in total. The van der Waals surface area contributed by atoms with Crippen molar-refractivity contribution in [2.75, 3.05) is 18.4 Å². The van der Waals surface area contributed by atoms with Crippen LogP contribution < -0.4 is 10.6 Å². The number of thiol groups is 1. The Morgan fingerprint density at radius 3 is 2.13 bits per heavy atom. The summed E-state index contributed by atoms with van der Waals surface area (Å²) in [5, 5.41) is 14.5. The van der Waals surface area contributed by atoms with Crippen molar-refractivity contribution >= 4 is 30.4 Å². The van der Waals surface area contributed by atoms with Gasteiger partial charge in [-0.3, -0.25) is 9.10 Å². The molecular weight excluding hydrogens is 408 g/mol. The quantitative estimate of drug-likeness (QED) is 0.492. The van der Waals surface area contributed by atoms with Crippen LogP contribution in [0, 0.1) is 11.3 Å². The number of anilines is 1. The fourth-order valence-electron chi connectivity index (χ4n) is 3.13. The molecule has 0 radical (unpaired) electrons. The van der Waals surface area contributed by atoms with Gasteiger partial charge in [0.25, 0.3) is 0 Å². The third kappa shape index (κ3) is 6.11. The lowest BCUT2D eigenvalue weighted by Crippen LogP contribution is -2.37. The summed E-state index contributed by atoms with van der Waals surface area (Å²) in [4.78, 5) is 25.3. The molecule has 0 unspecified atom stereocenters. The van der Waals surface area contributed by atoms with Crippen LogP contribution in [0.4, 0.5) is 10.5 Å². The van der Waals surface area contributed by atoms with Crippen LogP contribution in [-0.4, -0.2) is 29.3 Å². The minimum atomic E-state index is -0.449. The van der Waals surface area contributed by atoms with Gasteiger partial charge in [0.15, 0.2) is 0 Å². The van der Waals surface area contributed by atoms with E-state index in [1.807, 2.05) is 66.7 Å². The van der Waals surface area contributed by atoms with Crippen LogP contribution in [0.2, 0.25) is 0 Å². The highest BCUT2D eigenvalue weighted by atomic mass is 32.1. The van der Waals surface area contributed by atoms with Gasteiger partial charge >= 0.3 is 6.03 Å². The van der Waals surface area contributed by atoms with E-state index >= 15 is 0 Å². The van der Waals surface area contributed by atoms with E-state index in [1.54, 1.807) is 24.3 Å². The number of carbonyl (C=O) groups excluding carboxylic acids is 2. The fraction of sp³-hybridized carbons (Fsp3) is 0.125. The Morgan fingerprint density at radius 1 is 0.935 bits per heavy atom. The van der Waals surface area contributed by atoms with E-state index in [-0.39, 0.29) is 19.0 Å². The summed E-state index contributed by atoms with van der Waals surface area (Å²) < 4.78 is 1.18. The van der Waals surface area contributed by atoms with Gasteiger partial charge in [-0.15, -0.1) is 0 Å². The number of rotatable bonds is 7. The molecule has 0 spiro atoms. The van der Waals surface area contributed by atoms with E-state index < -0.39 is 11.9 Å². The Bertz CT molecular complexity index is 1030. The van der Waals surface area contributed by atoms with Crippen molar-refractivity contribution < 1.29 is 9.59 Å². The summed E-state index contributed by atoms with van der Waals surface area (Å²) in [6, 6.07) is 27.3. The summed E-state index contributed by atoms with van der Waals surface area (Å²) in [7, 11) is 0. The van der Waals surface area contributed by atoms with Crippen LogP contribution in [0.1, 0.15) is 22.6 Å². The molecule has 7 heteroatoms. The predicted octanol–water partition coefficient (Wildman–Crippen LogP) is 4.19. The van der Waals surface area contributed by atoms with Crippen LogP contribution >= 0.6 is 12.8 Å². The van der Waals surface area contributed by atoms with Gasteiger partial charge < -0.3 is 10.6 Å². The van der Waals surface area contributed by atoms with E-state index in [9.17, 15) is 9.59 Å². The monoisotopic (exact) mass is 430 g/mol. The molecule has 0 aliphatic carbocycles. The molecule has 0 saturated heterocycles. The first kappa shape index (κ1) is 21.9. The molecule has 3 rings (SSSR count). The van der Waals surface area contributed by atoms with Gasteiger partial charge in [-0.05, 0) is 29.3 Å². The molecule has 0 bridgehead atoms. The lowest BCUT2D eigenvalue weighted by atomic mass is 9.90. The molecule has 0 aromatic heterocycles. The Balaban J connectivity index is 1.58. The zero-order valence-electron chi connectivity index (χ0n) is 16.7. The number of urea groups is 1. The Hall–Kier alpha value is -3.76. The fourth-order valence-corrected chi connectivity index (χ4v) is 3.28. The predicted molar refractivity (Wildman–Crippen MR) is 124 cm³/mol. The first-order chi connectivity index (χ1) is 15.1. The van der Waals surface area contributed by atoms with Crippen LogP contribution in [0.25, 0.3) is 0 Å². The zero-order chi connectivity index (χ0) is 22.1. The zero-order valence-corrected chi connectivity index (χ0v) is 17.6. The molecule has 0 aliphatic heterocycles. The van der Waals surface area contributed by atoms with Gasteiger partial charge in [-0.1, -0.05) is 79.5 Å². The van der Waals surface area contributed by atoms with Gasteiger partial charge in [0.1, 0.15) is 0 Å². The summed E-state index contributed by atoms with van der Waals surface area (Å²) >= 11 is 4.20. The Kier molecular flexibility index (Phi) is 7.68. The first-order valence-electron chi connectivity index (χ1n) is 9.73. The van der Waals surface area contributed by atoms with Crippen molar-refractivity contribution in [2.45, 2.75) is 5.92 Å². The third-order valence-electron chi connectivity index (χ3n) is 4.63. The molecule has 0 aliphatic rings. The maximum Gasteiger partial charge on any atom is 0.331 e. The topological polar surface area (TPSA) is 85.2 Å². The van der Waals surface area contributed by atoms with Gasteiger partial charge in [0, 0.05) is 12.2 Å². The highest BCUT2D eigenvalue weighted by molar-refractivity contribution is 7.78. The number of carbonyl (C=O) groups is 2. The number of nitrogens with zero attached hydrogens (tertiary/aromatic N) is 2. The van der Waals surface area contributed by atoms with E-state index in [4.69, 9.17) is 5.26 Å². The lowest BCUT2D eigenvalue weighted by molar-refractivity contribution is -0.121. The van der Waals surface area contributed by atoms with Crippen molar-refractivity contribution in [1.29, 1.82) is 5.26 Å². The van der Waals surface area contributed by atoms with E-state index in [1.165, 1.54) is 4.31 Å². The molecule has 0 heterocycles. The minimum Gasteiger partial charge on any atom is -0.353 e. The Labute approximate surface area is 187 Å². The molecular formula is C24H22N4O2S. The first-order valence-corrected chi connectivity index (χ1v) is 10.1. The molecule has 156 valence electrons. The smallest absolute Gasteiger partial charge is 0.331 e. The molecule has 2 N–H and O–H groups in total. The van der Waals surface area contributed by atoms with Crippen molar-refractivity contribution in [3.05, 3.63) is 102 Å². The molecule has 31 heavy (non-hydrogen) atoms. The van der Waals surface area contributed by atoms with Gasteiger partial charge in [-0.25, -0.2) is 4.79 Å². The second kappa shape index (κ2) is 10.9. The van der Waals surface area contributed by atoms with Crippen molar-refractivity contribution in [2.24, 2.45) is 0 Å². The maximum atomic E-state index is 13.0. The number of hydrogen-bond donors (Lipinski definition) is 3. The van der Waals surface area contributed by atoms with E-state index in [2.05, 4.69) is 23.4 Å². The number of amides is 3. The SMILES string of the molecule is N#Cc1cccc(NC(=O)N(S)CCNC(=O)C(c2ccccc2)c2ccccc2)c1. The second-order valence-corrected chi connectivity index (χ2v) is 7.27. The van der Waals surface area contributed by atoms with Crippen molar-refractivity contribution in [1.82, 2.24) is 9.62 Å². The van der Waals surface area contributed by atoms with Crippen molar-refractivity contribution in [3.63, 3.8) is 0 Å². The van der Waals surface area contributed by atoms with Crippen LogP contribution in [0.15, 0.2) is 84.9 Å². The molecule has 0 saturated carbocycles. The number of hydrogen-bond acceptors (Lipinski definition) is 4. The normalized spacial score (nSPS) is 10.2. The largest absolute Gasteiger partial charge is 0.353 e. The highest BCUT2D eigenvalue weighted by Crippen LogP contribution is 2.24. The van der Waals surface area contributed by atoms with Gasteiger partial charge in [0.2, 0.25) is 5.91 Å². The van der Waals surface area contributed by atoms with Crippen LogP contribution in [0.3, 0.4) is 0 Å². The molecule has 0 fully saturated rings. The summed E-state index contributed by atoms with van der Waals surface area (Å²) in [6.07, 6.45) is 0. The molecule has 3 amide bonds. The number of benzene rings is 3. The maximum absolute atomic E-state index is 13.0. The van der Waals surface area contributed by atoms with Gasteiger partial charge in [-0.2, -0.15) is 5.26 Å². The van der Waals surface area contributed by atoms with Crippen LogP contribution in [-0.2, 0) is 4.79 Å². The standard InChI is InChI=1S/C24H22N4O2S/c25-17-18-8-7-13-21(16-18)27-24(30)28(31)15-14-26-23(29)22(19-9-3-1-4-10-19)20-11-5-2-6-12-20/h1-13,16,22,31H,14-15H2,(H,26,29)(H,27,30). The Morgan fingerprint density at radius 2 is 1.55 bits per heavy atom. The average molecular weight is 431 g/mol. The highest BCUT2D eigenvalue weighted by Gasteiger charge is 2.22. The number of nitrogens with one attached hydrogen (secondary N) is 2.